The number of rotatable bonds is 2. The van der Waals surface area contributed by atoms with Crippen LogP contribution in [0.25, 0.3) is 0 Å². The molecule has 0 unspecified atom stereocenters. The van der Waals surface area contributed by atoms with Gasteiger partial charge >= 0.3 is 12.1 Å². The molecule has 0 rings (SSSR count). The van der Waals surface area contributed by atoms with Crippen molar-refractivity contribution in [2.24, 2.45) is 0 Å². The van der Waals surface area contributed by atoms with Gasteiger partial charge in [0.1, 0.15) is 6.07 Å². The van der Waals surface area contributed by atoms with Crippen LogP contribution in [0.2, 0.25) is 0 Å². The van der Waals surface area contributed by atoms with E-state index in [1.54, 1.807) is 0 Å². The quantitative estimate of drug-likeness (QED) is 0.323. The van der Waals surface area contributed by atoms with Gasteiger partial charge in [0.15, 0.2) is 5.57 Å². The first-order valence-corrected chi connectivity index (χ1v) is 3.42. The fourth-order valence-electron chi connectivity index (χ4n) is 0.540. The standard InChI is InChI=1S/C7H6F3NO3/c1-2-14-6(13)4(3-11)5(12)7(8,9)10/h12H,2H2,1H3/b5-4+. The van der Waals surface area contributed by atoms with Gasteiger partial charge in [0, 0.05) is 0 Å². The fraction of sp³-hybridized carbons (Fsp3) is 0.429. The predicted molar refractivity (Wildman–Crippen MR) is 38.0 cm³/mol. The van der Waals surface area contributed by atoms with Gasteiger partial charge in [-0.25, -0.2) is 4.79 Å². The first-order valence-electron chi connectivity index (χ1n) is 3.42. The molecule has 0 aliphatic carbocycles. The number of alkyl halides is 3. The van der Waals surface area contributed by atoms with Crippen molar-refractivity contribution in [3.63, 3.8) is 0 Å². The number of nitrogens with zero attached hydrogens (tertiary/aromatic N) is 1. The lowest BCUT2D eigenvalue weighted by molar-refractivity contribution is -0.142. The Bertz CT molecular complexity index is 300. The highest BCUT2D eigenvalue weighted by Crippen LogP contribution is 2.26. The van der Waals surface area contributed by atoms with Gasteiger partial charge in [0.05, 0.1) is 6.61 Å². The molecule has 4 nitrogen and oxygen atoms in total. The molecule has 0 aliphatic heterocycles. The van der Waals surface area contributed by atoms with Crippen LogP contribution in [-0.4, -0.2) is 23.9 Å². The summed E-state index contributed by atoms with van der Waals surface area (Å²) < 4.78 is 39.6. The second-order valence-corrected chi connectivity index (χ2v) is 2.05. The van der Waals surface area contributed by atoms with E-state index >= 15 is 0 Å². The molecular weight excluding hydrogens is 203 g/mol. The molecule has 0 bridgehead atoms. The average Bonchev–Trinajstić information content (AvgIpc) is 2.04. The zero-order chi connectivity index (χ0) is 11.4. The molecule has 0 aromatic rings. The molecule has 7 heteroatoms. The number of carbonyl (C=O) groups is 1. The minimum atomic E-state index is -5.13. The van der Waals surface area contributed by atoms with Crippen molar-refractivity contribution < 1.29 is 27.8 Å². The van der Waals surface area contributed by atoms with Crippen LogP contribution in [0, 0.1) is 11.3 Å². The molecule has 0 radical (unpaired) electrons. The molecule has 78 valence electrons. The topological polar surface area (TPSA) is 70.3 Å². The van der Waals surface area contributed by atoms with E-state index in [-0.39, 0.29) is 6.61 Å². The van der Waals surface area contributed by atoms with Crippen molar-refractivity contribution in [2.75, 3.05) is 6.61 Å². The summed E-state index contributed by atoms with van der Waals surface area (Å²) in [6.07, 6.45) is -5.13. The van der Waals surface area contributed by atoms with Crippen LogP contribution in [0.1, 0.15) is 6.92 Å². The van der Waals surface area contributed by atoms with E-state index in [0.717, 1.165) is 6.07 Å². The van der Waals surface area contributed by atoms with Crippen LogP contribution < -0.4 is 0 Å². The number of esters is 1. The van der Waals surface area contributed by atoms with Crippen molar-refractivity contribution in [3.8, 4) is 6.07 Å². The SMILES string of the molecule is CCOC(=O)/C(C#N)=C(/O)C(F)(F)F. The molecule has 0 spiro atoms. The first kappa shape index (κ1) is 12.3. The molecule has 0 aromatic heterocycles. The molecule has 0 saturated carbocycles. The molecule has 0 atom stereocenters. The van der Waals surface area contributed by atoms with Gasteiger partial charge in [-0.1, -0.05) is 0 Å². The Morgan fingerprint density at radius 1 is 1.57 bits per heavy atom. The second kappa shape index (κ2) is 4.50. The number of aliphatic hydroxyl groups is 1. The Labute approximate surface area is 77.2 Å². The number of hydrogen-bond acceptors (Lipinski definition) is 4. The summed E-state index contributed by atoms with van der Waals surface area (Å²) in [7, 11) is 0. The third kappa shape index (κ3) is 2.97. The van der Waals surface area contributed by atoms with Crippen LogP contribution in [0.4, 0.5) is 13.2 Å². The van der Waals surface area contributed by atoms with Gasteiger partial charge in [-0.15, -0.1) is 0 Å². The van der Waals surface area contributed by atoms with E-state index in [2.05, 4.69) is 4.74 Å². The summed E-state index contributed by atoms with van der Waals surface area (Å²) in [4.78, 5) is 10.7. The maximum atomic E-state index is 11.8. The Kier molecular flexibility index (Phi) is 3.95. The zero-order valence-electron chi connectivity index (χ0n) is 7.05. The maximum Gasteiger partial charge on any atom is 0.450 e. The molecule has 0 aromatic carbocycles. The molecule has 0 amide bonds. The van der Waals surface area contributed by atoms with E-state index < -0.39 is 23.5 Å². The van der Waals surface area contributed by atoms with Crippen LogP contribution in [0.15, 0.2) is 11.3 Å². The van der Waals surface area contributed by atoms with Gasteiger partial charge in [0.25, 0.3) is 0 Å². The third-order valence-corrected chi connectivity index (χ3v) is 1.10. The zero-order valence-corrected chi connectivity index (χ0v) is 7.05. The highest BCUT2D eigenvalue weighted by atomic mass is 19.4. The highest BCUT2D eigenvalue weighted by Gasteiger charge is 2.39. The van der Waals surface area contributed by atoms with Crippen molar-refractivity contribution in [3.05, 3.63) is 11.3 Å². The van der Waals surface area contributed by atoms with E-state index in [1.165, 1.54) is 6.92 Å². The monoisotopic (exact) mass is 209 g/mol. The summed E-state index contributed by atoms with van der Waals surface area (Å²) in [6, 6.07) is 0.928. The molecule has 0 aliphatic rings. The van der Waals surface area contributed by atoms with Crippen LogP contribution in [-0.2, 0) is 9.53 Å². The largest absolute Gasteiger partial charge is 0.503 e. The minimum absolute atomic E-state index is 0.185. The number of nitriles is 1. The van der Waals surface area contributed by atoms with Crippen molar-refractivity contribution >= 4 is 5.97 Å². The van der Waals surface area contributed by atoms with Gasteiger partial charge in [-0.05, 0) is 6.92 Å². The highest BCUT2D eigenvalue weighted by molar-refractivity contribution is 5.93. The Morgan fingerprint density at radius 3 is 2.36 bits per heavy atom. The Balaban J connectivity index is 5.08. The van der Waals surface area contributed by atoms with E-state index in [4.69, 9.17) is 10.4 Å². The summed E-state index contributed by atoms with van der Waals surface area (Å²) >= 11 is 0. The average molecular weight is 209 g/mol. The molecule has 0 heterocycles. The van der Waals surface area contributed by atoms with Gasteiger partial charge in [0.2, 0.25) is 5.76 Å². The number of ether oxygens (including phenoxy) is 1. The number of halogens is 3. The fourth-order valence-corrected chi connectivity index (χ4v) is 0.540. The van der Waals surface area contributed by atoms with Crippen LogP contribution in [0.3, 0.4) is 0 Å². The van der Waals surface area contributed by atoms with Gasteiger partial charge < -0.3 is 9.84 Å². The normalized spacial score (nSPS) is 12.8. The van der Waals surface area contributed by atoms with Crippen LogP contribution in [0.5, 0.6) is 0 Å². The molecular formula is C7H6F3NO3. The van der Waals surface area contributed by atoms with Crippen molar-refractivity contribution in [2.45, 2.75) is 13.1 Å². The smallest absolute Gasteiger partial charge is 0.450 e. The molecule has 14 heavy (non-hydrogen) atoms. The minimum Gasteiger partial charge on any atom is -0.503 e. The maximum absolute atomic E-state index is 11.8. The van der Waals surface area contributed by atoms with Gasteiger partial charge in [-0.2, -0.15) is 18.4 Å². The van der Waals surface area contributed by atoms with E-state index in [0.29, 0.717) is 0 Å². The number of aliphatic hydroxyl groups excluding tert-OH is 1. The Hall–Kier alpha value is -1.71. The lowest BCUT2D eigenvalue weighted by Crippen LogP contribution is -2.18. The summed E-state index contributed by atoms with van der Waals surface area (Å²) in [5, 5.41) is 16.7. The summed E-state index contributed by atoms with van der Waals surface area (Å²) in [5.41, 5.74) is -1.45. The number of allylic oxidation sites excluding steroid dienone is 1. The third-order valence-electron chi connectivity index (χ3n) is 1.10. The predicted octanol–water partition coefficient (Wildman–Crippen LogP) is 1.45. The van der Waals surface area contributed by atoms with Crippen molar-refractivity contribution in [1.82, 2.24) is 0 Å². The van der Waals surface area contributed by atoms with Crippen molar-refractivity contribution in [1.29, 1.82) is 5.26 Å². The van der Waals surface area contributed by atoms with E-state index in [9.17, 15) is 18.0 Å². The summed E-state index contributed by atoms with van der Waals surface area (Å²) in [5.74, 6) is -3.73. The molecule has 1 N–H and O–H groups in total. The van der Waals surface area contributed by atoms with Crippen LogP contribution >= 0.6 is 0 Å². The summed E-state index contributed by atoms with van der Waals surface area (Å²) in [6.45, 7) is 1.17. The van der Waals surface area contributed by atoms with E-state index in [1.807, 2.05) is 0 Å². The lowest BCUT2D eigenvalue weighted by Gasteiger charge is -2.06. The molecule has 0 saturated heterocycles. The first-order chi connectivity index (χ1) is 6.34. The number of carbonyl (C=O) groups excluding carboxylic acids is 1. The second-order valence-electron chi connectivity index (χ2n) is 2.05. The number of hydrogen-bond donors (Lipinski definition) is 1. The van der Waals surface area contributed by atoms with Gasteiger partial charge in [-0.3, -0.25) is 0 Å². The lowest BCUT2D eigenvalue weighted by atomic mass is 10.2. The molecule has 0 fully saturated rings. The Morgan fingerprint density at radius 2 is 2.07 bits per heavy atom.